The summed E-state index contributed by atoms with van der Waals surface area (Å²) in [5, 5.41) is 0. The maximum absolute atomic E-state index is 12.7. The number of nitrogens with one attached hydrogen (secondary N) is 2. The molecule has 2 aromatic rings. The first kappa shape index (κ1) is 22.2. The molecule has 3 rings (SSSR count). The van der Waals surface area contributed by atoms with Crippen molar-refractivity contribution >= 4 is 11.8 Å². The first-order chi connectivity index (χ1) is 14.4. The number of carbonyl (C=O) groups is 2. The minimum absolute atomic E-state index is 0.185. The Bertz CT molecular complexity index is 873. The van der Waals surface area contributed by atoms with Crippen LogP contribution in [0, 0.1) is 13.8 Å². The van der Waals surface area contributed by atoms with Gasteiger partial charge in [-0.15, -0.1) is 0 Å². The van der Waals surface area contributed by atoms with Crippen LogP contribution in [0.4, 0.5) is 0 Å². The Labute approximate surface area is 178 Å². The topological polar surface area (TPSA) is 79.5 Å². The van der Waals surface area contributed by atoms with Crippen molar-refractivity contribution in [1.82, 2.24) is 20.3 Å². The van der Waals surface area contributed by atoms with Crippen LogP contribution in [0.25, 0.3) is 0 Å². The van der Waals surface area contributed by atoms with Gasteiger partial charge in [-0.2, -0.15) is 0 Å². The molecule has 1 aliphatic carbocycles. The Morgan fingerprint density at radius 3 is 2.40 bits per heavy atom. The van der Waals surface area contributed by atoms with Crippen molar-refractivity contribution in [3.8, 4) is 0 Å². The molecule has 7 nitrogen and oxygen atoms in total. The van der Waals surface area contributed by atoms with Crippen molar-refractivity contribution < 1.29 is 14.0 Å². The molecule has 2 amide bonds. The largest absolute Gasteiger partial charge is 0.454 e. The maximum atomic E-state index is 12.7. The van der Waals surface area contributed by atoms with E-state index in [9.17, 15) is 9.59 Å². The zero-order valence-corrected chi connectivity index (χ0v) is 18.6. The maximum Gasteiger partial charge on any atom is 0.305 e. The highest BCUT2D eigenvalue weighted by molar-refractivity contribution is 5.98. The van der Waals surface area contributed by atoms with Crippen molar-refractivity contribution in [1.29, 1.82) is 0 Å². The monoisotopic (exact) mass is 414 g/mol. The third-order valence-electron chi connectivity index (χ3n) is 6.12. The minimum atomic E-state index is -0.463. The average Bonchev–Trinajstić information content (AvgIpc) is 3.34. The molecule has 2 heterocycles. The standard InChI is InChI=1S/C23H34N4O3/c1-5-26(6-2)15-19-12-13-21(30-19)23(29)25-24-22(28)20-14-16(3)27(17(20)4)18-10-8-7-9-11-18/h12-14,18H,5-11,15H2,1-4H3,(H,24,28)(H,25,29). The van der Waals surface area contributed by atoms with Gasteiger partial charge in [-0.05, 0) is 58.0 Å². The molecule has 0 saturated heterocycles. The lowest BCUT2D eigenvalue weighted by Crippen LogP contribution is -2.41. The Balaban J connectivity index is 1.60. The normalized spacial score (nSPS) is 14.8. The number of amides is 2. The summed E-state index contributed by atoms with van der Waals surface area (Å²) >= 11 is 0. The van der Waals surface area contributed by atoms with Crippen LogP contribution in [0.15, 0.2) is 22.6 Å². The van der Waals surface area contributed by atoms with E-state index in [1.54, 1.807) is 12.1 Å². The molecule has 7 heteroatoms. The van der Waals surface area contributed by atoms with Gasteiger partial charge in [0.05, 0.1) is 12.1 Å². The Morgan fingerprint density at radius 1 is 1.07 bits per heavy atom. The first-order valence-corrected chi connectivity index (χ1v) is 11.0. The van der Waals surface area contributed by atoms with E-state index in [1.807, 2.05) is 19.9 Å². The van der Waals surface area contributed by atoms with Crippen molar-refractivity contribution in [3.63, 3.8) is 0 Å². The predicted molar refractivity (Wildman–Crippen MR) is 116 cm³/mol. The van der Waals surface area contributed by atoms with E-state index in [0.29, 0.717) is 18.2 Å². The summed E-state index contributed by atoms with van der Waals surface area (Å²) in [7, 11) is 0. The molecule has 1 saturated carbocycles. The Hall–Kier alpha value is -2.54. The van der Waals surface area contributed by atoms with Crippen molar-refractivity contribution in [2.24, 2.45) is 0 Å². The van der Waals surface area contributed by atoms with Gasteiger partial charge in [0.25, 0.3) is 5.91 Å². The molecule has 164 valence electrons. The van der Waals surface area contributed by atoms with E-state index in [4.69, 9.17) is 4.42 Å². The van der Waals surface area contributed by atoms with Crippen LogP contribution in [0.1, 0.15) is 90.1 Å². The van der Waals surface area contributed by atoms with Crippen LogP contribution in [0.2, 0.25) is 0 Å². The molecule has 0 aliphatic heterocycles. The third-order valence-corrected chi connectivity index (χ3v) is 6.12. The number of carbonyl (C=O) groups excluding carboxylic acids is 2. The lowest BCUT2D eigenvalue weighted by molar-refractivity contribution is 0.0828. The van der Waals surface area contributed by atoms with E-state index >= 15 is 0 Å². The van der Waals surface area contributed by atoms with Crippen molar-refractivity contribution in [2.75, 3.05) is 13.1 Å². The molecule has 0 atom stereocenters. The van der Waals surface area contributed by atoms with Crippen LogP contribution in [-0.2, 0) is 6.54 Å². The van der Waals surface area contributed by atoms with Gasteiger partial charge in [0.2, 0.25) is 0 Å². The molecule has 1 aliphatic rings. The number of hydrogen-bond donors (Lipinski definition) is 2. The fraction of sp³-hybridized carbons (Fsp3) is 0.565. The van der Waals surface area contributed by atoms with Crippen LogP contribution < -0.4 is 10.9 Å². The Kier molecular flexibility index (Phi) is 7.37. The Morgan fingerprint density at radius 2 is 1.73 bits per heavy atom. The van der Waals surface area contributed by atoms with Gasteiger partial charge in [0.15, 0.2) is 5.76 Å². The van der Waals surface area contributed by atoms with Crippen LogP contribution in [-0.4, -0.2) is 34.4 Å². The second kappa shape index (κ2) is 9.98. The molecule has 0 aromatic carbocycles. The second-order valence-electron chi connectivity index (χ2n) is 8.08. The number of nitrogens with zero attached hydrogens (tertiary/aromatic N) is 2. The van der Waals surface area contributed by atoms with Crippen LogP contribution in [0.5, 0.6) is 0 Å². The summed E-state index contributed by atoms with van der Waals surface area (Å²) in [5.74, 6) is 0.139. The third kappa shape index (κ3) is 4.95. The summed E-state index contributed by atoms with van der Waals surface area (Å²) in [6.45, 7) is 10.7. The zero-order valence-electron chi connectivity index (χ0n) is 18.6. The van der Waals surface area contributed by atoms with Gasteiger partial charge in [0, 0.05) is 17.4 Å². The van der Waals surface area contributed by atoms with E-state index < -0.39 is 5.91 Å². The lowest BCUT2D eigenvalue weighted by atomic mass is 9.95. The van der Waals surface area contributed by atoms with E-state index in [1.165, 1.54) is 19.3 Å². The lowest BCUT2D eigenvalue weighted by Gasteiger charge is -2.26. The van der Waals surface area contributed by atoms with Gasteiger partial charge in [-0.1, -0.05) is 33.1 Å². The van der Waals surface area contributed by atoms with Gasteiger partial charge in [-0.25, -0.2) is 0 Å². The fourth-order valence-electron chi connectivity index (χ4n) is 4.40. The van der Waals surface area contributed by atoms with Gasteiger partial charge in [0.1, 0.15) is 5.76 Å². The number of aryl methyl sites for hydroxylation is 1. The molecule has 2 aromatic heterocycles. The molecule has 2 N–H and O–H groups in total. The van der Waals surface area contributed by atoms with Crippen molar-refractivity contribution in [3.05, 3.63) is 46.7 Å². The summed E-state index contributed by atoms with van der Waals surface area (Å²) in [5.41, 5.74) is 7.64. The van der Waals surface area contributed by atoms with Crippen LogP contribution >= 0.6 is 0 Å². The quantitative estimate of drug-likeness (QED) is 0.668. The second-order valence-corrected chi connectivity index (χ2v) is 8.08. The predicted octanol–water partition coefficient (Wildman–Crippen LogP) is 4.12. The SMILES string of the molecule is CCN(CC)Cc1ccc(C(=O)NNC(=O)c2cc(C)n(C3CCCCC3)c2C)o1. The summed E-state index contributed by atoms with van der Waals surface area (Å²) in [4.78, 5) is 27.3. The molecular weight excluding hydrogens is 380 g/mol. The highest BCUT2D eigenvalue weighted by Gasteiger charge is 2.23. The van der Waals surface area contributed by atoms with Gasteiger partial charge in [-0.3, -0.25) is 25.3 Å². The first-order valence-electron chi connectivity index (χ1n) is 11.0. The van der Waals surface area contributed by atoms with E-state index in [0.717, 1.165) is 43.1 Å². The number of aromatic nitrogens is 1. The minimum Gasteiger partial charge on any atom is -0.454 e. The molecule has 1 fully saturated rings. The fourth-order valence-corrected chi connectivity index (χ4v) is 4.40. The molecule has 0 unspecified atom stereocenters. The van der Waals surface area contributed by atoms with Gasteiger partial charge >= 0.3 is 5.91 Å². The highest BCUT2D eigenvalue weighted by Crippen LogP contribution is 2.32. The average molecular weight is 415 g/mol. The van der Waals surface area contributed by atoms with Gasteiger partial charge < -0.3 is 8.98 Å². The van der Waals surface area contributed by atoms with E-state index in [2.05, 4.69) is 34.2 Å². The molecule has 0 bridgehead atoms. The van der Waals surface area contributed by atoms with Crippen LogP contribution in [0.3, 0.4) is 0 Å². The summed E-state index contributed by atoms with van der Waals surface area (Å²) in [6, 6.07) is 5.80. The molecule has 0 spiro atoms. The zero-order chi connectivity index (χ0) is 21.7. The number of furan rings is 1. The molecule has 0 radical (unpaired) electrons. The van der Waals surface area contributed by atoms with E-state index in [-0.39, 0.29) is 11.7 Å². The summed E-state index contributed by atoms with van der Waals surface area (Å²) in [6.07, 6.45) is 6.07. The molecular formula is C23H34N4O3. The summed E-state index contributed by atoms with van der Waals surface area (Å²) < 4.78 is 7.91. The number of rotatable bonds is 7. The highest BCUT2D eigenvalue weighted by atomic mass is 16.4. The van der Waals surface area contributed by atoms with Crippen molar-refractivity contribution in [2.45, 2.75) is 72.4 Å². The molecule has 30 heavy (non-hydrogen) atoms. The number of hydrazine groups is 1. The smallest absolute Gasteiger partial charge is 0.305 e. The number of hydrogen-bond acceptors (Lipinski definition) is 4.